The van der Waals surface area contributed by atoms with Gasteiger partial charge in [-0.25, -0.2) is 4.79 Å². The van der Waals surface area contributed by atoms with Gasteiger partial charge in [0.1, 0.15) is 0 Å². The molecule has 0 fully saturated rings. The monoisotopic (exact) mass is 477 g/mol. The van der Waals surface area contributed by atoms with E-state index in [4.69, 9.17) is 17.0 Å². The SMILES string of the molecule is CCCCCCCCCCCCOC(=O)c1cccc(NC(=O)C(O)C(=S)C(C)(C)CC)c1. The highest BCUT2D eigenvalue weighted by atomic mass is 32.1. The zero-order valence-electron chi connectivity index (χ0n) is 21.0. The average Bonchev–Trinajstić information content (AvgIpc) is 2.81. The van der Waals surface area contributed by atoms with Crippen LogP contribution in [0.3, 0.4) is 0 Å². The van der Waals surface area contributed by atoms with E-state index in [-0.39, 0.29) is 0 Å². The standard InChI is InChI=1S/C27H43NO4S/c1-5-7-8-9-10-11-12-13-14-15-19-32-26(31)21-17-16-18-22(20-21)28-25(30)23(29)24(33)27(3,4)6-2/h16-18,20,23,29H,5-15,19H2,1-4H3,(H,28,30). The molecule has 1 aromatic carbocycles. The molecule has 0 bridgehead atoms. The van der Waals surface area contributed by atoms with Crippen molar-refractivity contribution >= 4 is 34.6 Å². The lowest BCUT2D eigenvalue weighted by Gasteiger charge is -2.26. The number of anilines is 1. The van der Waals surface area contributed by atoms with Gasteiger partial charge in [-0.15, -0.1) is 0 Å². The molecule has 1 amide bonds. The largest absolute Gasteiger partial charge is 0.462 e. The normalized spacial score (nSPS) is 12.3. The Morgan fingerprint density at radius 3 is 2.15 bits per heavy atom. The Kier molecular flexibility index (Phi) is 14.1. The minimum Gasteiger partial charge on any atom is -0.462 e. The van der Waals surface area contributed by atoms with Crippen LogP contribution < -0.4 is 5.32 Å². The fourth-order valence-corrected chi connectivity index (χ4v) is 3.69. The number of ether oxygens (including phenoxy) is 1. The number of thiocarbonyl (C=S) groups is 1. The van der Waals surface area contributed by atoms with Crippen molar-refractivity contribution in [3.05, 3.63) is 29.8 Å². The number of amides is 1. The molecule has 1 aromatic rings. The molecule has 0 aliphatic rings. The van der Waals surface area contributed by atoms with Crippen LogP contribution in [0.5, 0.6) is 0 Å². The van der Waals surface area contributed by atoms with Crippen LogP contribution >= 0.6 is 12.2 Å². The summed E-state index contributed by atoms with van der Waals surface area (Å²) in [5.74, 6) is -1.01. The van der Waals surface area contributed by atoms with E-state index in [0.29, 0.717) is 22.7 Å². The Morgan fingerprint density at radius 1 is 1.00 bits per heavy atom. The number of benzene rings is 1. The lowest BCUT2D eigenvalue weighted by Crippen LogP contribution is -2.41. The second-order valence-corrected chi connectivity index (χ2v) is 9.83. The van der Waals surface area contributed by atoms with Crippen molar-refractivity contribution in [3.8, 4) is 0 Å². The Bertz CT molecular complexity index is 747. The number of hydrogen-bond acceptors (Lipinski definition) is 5. The van der Waals surface area contributed by atoms with Crippen molar-refractivity contribution in [2.75, 3.05) is 11.9 Å². The number of unbranched alkanes of at least 4 members (excludes halogenated alkanes) is 9. The zero-order chi connectivity index (χ0) is 24.7. The Hall–Kier alpha value is -1.79. The van der Waals surface area contributed by atoms with Gasteiger partial charge in [0.25, 0.3) is 5.91 Å². The van der Waals surface area contributed by atoms with Crippen LogP contribution in [0.15, 0.2) is 24.3 Å². The summed E-state index contributed by atoms with van der Waals surface area (Å²) in [7, 11) is 0. The summed E-state index contributed by atoms with van der Waals surface area (Å²) in [6.45, 7) is 8.39. The Balaban J connectivity index is 2.36. The second-order valence-electron chi connectivity index (χ2n) is 9.39. The van der Waals surface area contributed by atoms with Gasteiger partial charge in [-0.2, -0.15) is 0 Å². The summed E-state index contributed by atoms with van der Waals surface area (Å²) >= 11 is 5.30. The van der Waals surface area contributed by atoms with Crippen molar-refractivity contribution in [2.24, 2.45) is 5.41 Å². The number of esters is 1. The molecule has 33 heavy (non-hydrogen) atoms. The molecule has 0 aliphatic carbocycles. The first-order valence-electron chi connectivity index (χ1n) is 12.5. The molecule has 2 N–H and O–H groups in total. The maximum Gasteiger partial charge on any atom is 0.338 e. The van der Waals surface area contributed by atoms with Gasteiger partial charge in [0.2, 0.25) is 0 Å². The van der Waals surface area contributed by atoms with Gasteiger partial charge in [0.05, 0.1) is 12.2 Å². The summed E-state index contributed by atoms with van der Waals surface area (Å²) in [6.07, 6.45) is 11.6. The Labute approximate surface area is 205 Å². The molecule has 1 atom stereocenters. The molecule has 1 unspecified atom stereocenters. The highest BCUT2D eigenvalue weighted by molar-refractivity contribution is 7.80. The third-order valence-electron chi connectivity index (χ3n) is 6.14. The minimum absolute atomic E-state index is 0.301. The quantitative estimate of drug-likeness (QED) is 0.145. The first-order valence-corrected chi connectivity index (χ1v) is 12.9. The number of carbonyl (C=O) groups excluding carboxylic acids is 2. The van der Waals surface area contributed by atoms with Gasteiger partial charge < -0.3 is 15.2 Å². The van der Waals surface area contributed by atoms with E-state index in [1.165, 1.54) is 51.4 Å². The molecule has 0 saturated heterocycles. The third kappa shape index (κ3) is 11.3. The van der Waals surface area contributed by atoms with Gasteiger partial charge in [0.15, 0.2) is 6.10 Å². The van der Waals surface area contributed by atoms with Crippen LogP contribution in [0.2, 0.25) is 0 Å². The molecule has 6 heteroatoms. The molecule has 5 nitrogen and oxygen atoms in total. The molecular formula is C27H43NO4S. The highest BCUT2D eigenvalue weighted by Crippen LogP contribution is 2.25. The van der Waals surface area contributed by atoms with Gasteiger partial charge in [-0.05, 0) is 36.5 Å². The molecule has 0 heterocycles. The van der Waals surface area contributed by atoms with Crippen LogP contribution in [-0.2, 0) is 9.53 Å². The first-order chi connectivity index (χ1) is 15.7. The Morgan fingerprint density at radius 2 is 1.58 bits per heavy atom. The van der Waals surface area contributed by atoms with Crippen LogP contribution in [0.4, 0.5) is 5.69 Å². The van der Waals surface area contributed by atoms with Crippen molar-refractivity contribution in [2.45, 2.75) is 104 Å². The van der Waals surface area contributed by atoms with E-state index in [1.807, 2.05) is 20.8 Å². The molecule has 0 radical (unpaired) electrons. The predicted octanol–water partition coefficient (Wildman–Crippen LogP) is 6.87. The molecule has 1 rings (SSSR count). The number of aliphatic hydroxyl groups excluding tert-OH is 1. The van der Waals surface area contributed by atoms with E-state index in [9.17, 15) is 14.7 Å². The van der Waals surface area contributed by atoms with Crippen LogP contribution in [0, 0.1) is 5.41 Å². The van der Waals surface area contributed by atoms with Crippen molar-refractivity contribution < 1.29 is 19.4 Å². The number of hydrogen-bond donors (Lipinski definition) is 2. The molecule has 186 valence electrons. The van der Waals surface area contributed by atoms with Gasteiger partial charge in [0, 0.05) is 10.6 Å². The molecule has 0 aromatic heterocycles. The van der Waals surface area contributed by atoms with Crippen molar-refractivity contribution in [1.29, 1.82) is 0 Å². The van der Waals surface area contributed by atoms with Crippen molar-refractivity contribution in [3.63, 3.8) is 0 Å². The summed E-state index contributed by atoms with van der Waals surface area (Å²) in [5, 5.41) is 13.0. The number of nitrogens with one attached hydrogen (secondary N) is 1. The molecule has 0 saturated carbocycles. The first kappa shape index (κ1) is 29.2. The predicted molar refractivity (Wildman–Crippen MR) is 140 cm³/mol. The average molecular weight is 478 g/mol. The number of aliphatic hydroxyl groups is 1. The maximum absolute atomic E-state index is 12.4. The van der Waals surface area contributed by atoms with E-state index < -0.39 is 23.4 Å². The third-order valence-corrected chi connectivity index (χ3v) is 6.92. The maximum atomic E-state index is 12.4. The minimum atomic E-state index is -1.39. The second kappa shape index (κ2) is 15.9. The summed E-state index contributed by atoms with van der Waals surface area (Å²) in [6, 6.07) is 6.54. The summed E-state index contributed by atoms with van der Waals surface area (Å²) in [4.78, 5) is 25.1. The molecule has 0 spiro atoms. The topological polar surface area (TPSA) is 75.6 Å². The lowest BCUT2D eigenvalue weighted by molar-refractivity contribution is -0.121. The highest BCUT2D eigenvalue weighted by Gasteiger charge is 2.31. The lowest BCUT2D eigenvalue weighted by atomic mass is 9.83. The summed E-state index contributed by atoms with van der Waals surface area (Å²) in [5.41, 5.74) is 0.363. The van der Waals surface area contributed by atoms with E-state index in [1.54, 1.807) is 24.3 Å². The fraction of sp³-hybridized carbons (Fsp3) is 0.667. The van der Waals surface area contributed by atoms with E-state index >= 15 is 0 Å². The van der Waals surface area contributed by atoms with Gasteiger partial charge in [-0.1, -0.05) is 104 Å². The smallest absolute Gasteiger partial charge is 0.338 e. The van der Waals surface area contributed by atoms with E-state index in [2.05, 4.69) is 12.2 Å². The van der Waals surface area contributed by atoms with Crippen molar-refractivity contribution in [1.82, 2.24) is 0 Å². The molecule has 0 aliphatic heterocycles. The van der Waals surface area contributed by atoms with Gasteiger partial charge >= 0.3 is 5.97 Å². The fourth-order valence-electron chi connectivity index (χ4n) is 3.44. The van der Waals surface area contributed by atoms with Crippen LogP contribution in [-0.4, -0.2) is 34.6 Å². The van der Waals surface area contributed by atoms with Crippen LogP contribution in [0.1, 0.15) is 109 Å². The van der Waals surface area contributed by atoms with Crippen LogP contribution in [0.25, 0.3) is 0 Å². The van der Waals surface area contributed by atoms with E-state index in [0.717, 1.165) is 19.3 Å². The summed E-state index contributed by atoms with van der Waals surface area (Å²) < 4.78 is 5.38. The number of rotatable bonds is 17. The molecular weight excluding hydrogens is 434 g/mol. The number of carbonyl (C=O) groups is 2. The zero-order valence-corrected chi connectivity index (χ0v) is 21.8. The van der Waals surface area contributed by atoms with Gasteiger partial charge in [-0.3, -0.25) is 4.79 Å².